The first-order valence-corrected chi connectivity index (χ1v) is 26.3. The molecule has 2 heterocycles. The molecule has 0 unspecified atom stereocenters. The number of carbonyl (C=O) groups excluding carboxylic acids is 2. The number of thiocarbonyl (C=S) groups is 1. The molecular weight excluding hydrogens is 1130 g/mol. The third-order valence-electron chi connectivity index (χ3n) is 12.3. The van der Waals surface area contributed by atoms with Crippen molar-refractivity contribution in [1.82, 2.24) is 9.97 Å². The van der Waals surface area contributed by atoms with Gasteiger partial charge in [0.1, 0.15) is 26.6 Å². The van der Waals surface area contributed by atoms with Gasteiger partial charge < -0.3 is 20.3 Å². The van der Waals surface area contributed by atoms with Crippen molar-refractivity contribution in [3.8, 4) is 77.0 Å². The highest BCUT2D eigenvalue weighted by molar-refractivity contribution is 7.80. The number of benzene rings is 8. The van der Waals surface area contributed by atoms with Crippen molar-refractivity contribution in [2.45, 2.75) is 0 Å². The van der Waals surface area contributed by atoms with Gasteiger partial charge in [0.15, 0.2) is 0 Å². The highest BCUT2D eigenvalue weighted by Gasteiger charge is 2.25. The Morgan fingerprint density at radius 3 is 1.19 bits per heavy atom. The Labute approximate surface area is 482 Å². The summed E-state index contributed by atoms with van der Waals surface area (Å²) in [4.78, 5) is 78.1. The molecule has 0 atom stereocenters. The number of carbonyl (C=O) groups is 3. The SMILES string of the molecule is COC(=O)c1cc(-c2nc(-c3ccc(F)cc3)cs2)ccc1-c1ccccc1[N+](=O)[O-].COC(=O)c1cc(C(N)=S)ccc1-c1ccccc1[N+](=O)[O-].O=C(O)c1cc(-c2nc(-c3ccc(F)cc3)cs2)ccc1-c1ccccc1[N+](=O)[O-]. The van der Waals surface area contributed by atoms with Gasteiger partial charge in [-0.05, 0) is 84.9 Å². The quantitative estimate of drug-likeness (QED) is 0.0443. The number of nitro benzene ring substituents is 3. The van der Waals surface area contributed by atoms with Gasteiger partial charge in [-0.3, -0.25) is 30.3 Å². The molecule has 23 heteroatoms. The maximum atomic E-state index is 13.2. The van der Waals surface area contributed by atoms with Crippen LogP contribution in [0.1, 0.15) is 36.6 Å². The summed E-state index contributed by atoms with van der Waals surface area (Å²) in [7, 11) is 2.49. The summed E-state index contributed by atoms with van der Waals surface area (Å²) in [6, 6.07) is 44.7. The molecule has 0 aliphatic heterocycles. The van der Waals surface area contributed by atoms with Crippen LogP contribution < -0.4 is 5.73 Å². The minimum absolute atomic E-state index is 0.0552. The molecular formula is C60H40F2N6O12S3. The summed E-state index contributed by atoms with van der Waals surface area (Å²) in [5.41, 5.74) is 12.0. The average Bonchev–Trinajstić information content (AvgIpc) is 4.32. The van der Waals surface area contributed by atoms with E-state index in [1.165, 1.54) is 104 Å². The van der Waals surface area contributed by atoms with Crippen LogP contribution in [-0.4, -0.2) is 67.0 Å². The van der Waals surface area contributed by atoms with Crippen molar-refractivity contribution in [1.29, 1.82) is 0 Å². The number of nitrogens with zero attached hydrogens (tertiary/aromatic N) is 5. The third kappa shape index (κ3) is 13.5. The first-order chi connectivity index (χ1) is 39.9. The summed E-state index contributed by atoms with van der Waals surface area (Å²) in [6.45, 7) is 0. The molecule has 0 saturated carbocycles. The standard InChI is InChI=1S/C23H15FN2O4S.C22H13FN2O4S.C15H12N2O4S/c1-30-23(27)19-12-15(8-11-17(19)18-4-2-3-5-21(18)26(28)29)22-25-20(13-31-22)14-6-9-16(24)10-7-14;23-15-8-5-13(6-9-15)19-12-30-21(24-19)14-7-10-16(18(11-14)22(26)27)17-3-1-2-4-20(17)25(28)29;1-21-15(18)12-8-9(14(16)22)6-7-10(12)11-4-2-3-5-13(11)17(19)20/h2-13H,1H3;1-12H,(H,26,27);2-8H,1H3,(H2,16,22). The lowest BCUT2D eigenvalue weighted by Crippen LogP contribution is -2.12. The van der Waals surface area contributed by atoms with Crippen LogP contribution in [0.25, 0.3) is 77.0 Å². The number of nitro groups is 3. The van der Waals surface area contributed by atoms with Crippen molar-refractivity contribution in [3.63, 3.8) is 0 Å². The summed E-state index contributed by atoms with van der Waals surface area (Å²) < 4.78 is 36.0. The van der Waals surface area contributed by atoms with Crippen molar-refractivity contribution in [3.05, 3.63) is 251 Å². The van der Waals surface area contributed by atoms with E-state index in [1.807, 2.05) is 5.38 Å². The van der Waals surface area contributed by atoms with Crippen LogP contribution in [0.2, 0.25) is 0 Å². The van der Waals surface area contributed by atoms with Crippen LogP contribution in [0, 0.1) is 42.0 Å². The molecule has 0 radical (unpaired) electrons. The molecule has 18 nitrogen and oxygen atoms in total. The number of methoxy groups -OCH3 is 2. The fourth-order valence-electron chi connectivity index (χ4n) is 8.39. The molecule has 0 aliphatic rings. The molecule has 3 N–H and O–H groups in total. The first-order valence-electron chi connectivity index (χ1n) is 24.1. The number of halogens is 2. The number of hydrogen-bond acceptors (Lipinski definition) is 16. The number of carboxylic acids is 1. The molecule has 83 heavy (non-hydrogen) atoms. The predicted octanol–water partition coefficient (Wildman–Crippen LogP) is 14.6. The average molecular weight is 1170 g/mol. The molecule has 0 bridgehead atoms. The van der Waals surface area contributed by atoms with Crippen LogP contribution in [-0.2, 0) is 9.47 Å². The Balaban J connectivity index is 0.000000165. The molecule has 0 spiro atoms. The van der Waals surface area contributed by atoms with E-state index >= 15 is 0 Å². The Bertz CT molecular complexity index is 4160. The van der Waals surface area contributed by atoms with Gasteiger partial charge >= 0.3 is 17.9 Å². The van der Waals surface area contributed by atoms with Gasteiger partial charge in [0.25, 0.3) is 17.1 Å². The minimum Gasteiger partial charge on any atom is -0.478 e. The summed E-state index contributed by atoms with van der Waals surface area (Å²) in [5, 5.41) is 48.6. The van der Waals surface area contributed by atoms with E-state index in [2.05, 4.69) is 9.97 Å². The number of aromatic carboxylic acids is 1. The van der Waals surface area contributed by atoms with Gasteiger partial charge in [0.05, 0.1) is 73.8 Å². The molecule has 8 aromatic carbocycles. The van der Waals surface area contributed by atoms with Gasteiger partial charge in [-0.15, -0.1) is 22.7 Å². The smallest absolute Gasteiger partial charge is 0.338 e. The summed E-state index contributed by atoms with van der Waals surface area (Å²) >= 11 is 7.59. The second kappa shape index (κ2) is 26.1. The van der Waals surface area contributed by atoms with Gasteiger partial charge in [0.2, 0.25) is 0 Å². The Morgan fingerprint density at radius 1 is 0.494 bits per heavy atom. The molecule has 0 aliphatic carbocycles. The van der Waals surface area contributed by atoms with Gasteiger partial charge in [-0.1, -0.05) is 85.0 Å². The van der Waals surface area contributed by atoms with Crippen molar-refractivity contribution < 1.29 is 52.5 Å². The normalized spacial score (nSPS) is 10.5. The maximum Gasteiger partial charge on any atom is 0.338 e. The number of ether oxygens (including phenoxy) is 2. The van der Waals surface area contributed by atoms with Gasteiger partial charge in [0, 0.05) is 73.5 Å². The fourth-order valence-corrected chi connectivity index (χ4v) is 10.2. The van der Waals surface area contributed by atoms with E-state index < -0.39 is 32.7 Å². The monoisotopic (exact) mass is 1170 g/mol. The minimum atomic E-state index is -1.19. The number of para-hydroxylation sites is 3. The van der Waals surface area contributed by atoms with Crippen molar-refractivity contribution in [2.75, 3.05) is 14.2 Å². The van der Waals surface area contributed by atoms with E-state index in [9.17, 15) is 58.6 Å². The maximum absolute atomic E-state index is 13.2. The Hall–Kier alpha value is -10.6. The molecule has 0 fully saturated rings. The fraction of sp³-hybridized carbons (Fsp3) is 0.0333. The Kier molecular flexibility index (Phi) is 18.4. The van der Waals surface area contributed by atoms with Crippen LogP contribution in [0.5, 0.6) is 0 Å². The number of rotatable bonds is 14. The lowest BCUT2D eigenvalue weighted by Gasteiger charge is -2.10. The van der Waals surface area contributed by atoms with Crippen molar-refractivity contribution >= 4 is 74.9 Å². The first kappa shape index (κ1) is 58.5. The van der Waals surface area contributed by atoms with Crippen molar-refractivity contribution in [2.24, 2.45) is 5.73 Å². The second-order valence-corrected chi connectivity index (χ2v) is 19.5. The van der Waals surface area contributed by atoms with E-state index in [1.54, 1.807) is 115 Å². The van der Waals surface area contributed by atoms with Crippen LogP contribution >= 0.6 is 34.9 Å². The van der Waals surface area contributed by atoms with Crippen LogP contribution in [0.3, 0.4) is 0 Å². The lowest BCUT2D eigenvalue weighted by molar-refractivity contribution is -0.384. The molecule has 10 rings (SSSR count). The zero-order valence-electron chi connectivity index (χ0n) is 43.1. The predicted molar refractivity (Wildman–Crippen MR) is 314 cm³/mol. The molecule has 414 valence electrons. The highest BCUT2D eigenvalue weighted by atomic mass is 32.1. The molecule has 0 amide bonds. The number of hydrogen-bond donors (Lipinski definition) is 2. The summed E-state index contributed by atoms with van der Waals surface area (Å²) in [5.74, 6) is -3.09. The van der Waals surface area contributed by atoms with E-state index in [0.29, 0.717) is 60.3 Å². The van der Waals surface area contributed by atoms with Gasteiger partial charge in [-0.25, -0.2) is 33.1 Å². The van der Waals surface area contributed by atoms with E-state index in [4.69, 9.17) is 27.4 Å². The third-order valence-corrected chi connectivity index (χ3v) is 14.4. The van der Waals surface area contributed by atoms with Crippen LogP contribution in [0.15, 0.2) is 187 Å². The molecule has 10 aromatic rings. The number of thiazole rings is 2. The second-order valence-electron chi connectivity index (χ2n) is 17.3. The van der Waals surface area contributed by atoms with Crippen LogP contribution in [0.4, 0.5) is 25.8 Å². The van der Waals surface area contributed by atoms with E-state index in [-0.39, 0.29) is 61.5 Å². The molecule has 2 aromatic heterocycles. The number of esters is 2. The molecule has 0 saturated heterocycles. The highest BCUT2D eigenvalue weighted by Crippen LogP contribution is 2.39. The lowest BCUT2D eigenvalue weighted by atomic mass is 9.96. The topological polar surface area (TPSA) is 271 Å². The zero-order chi connectivity index (χ0) is 59.5. The van der Waals surface area contributed by atoms with Gasteiger partial charge in [-0.2, -0.15) is 0 Å². The number of nitrogens with two attached hydrogens (primary N) is 1. The largest absolute Gasteiger partial charge is 0.478 e. The number of aromatic nitrogens is 2. The summed E-state index contributed by atoms with van der Waals surface area (Å²) in [6.07, 6.45) is 0. The van der Waals surface area contributed by atoms with E-state index in [0.717, 1.165) is 11.1 Å². The Morgan fingerprint density at radius 2 is 0.831 bits per heavy atom. The zero-order valence-corrected chi connectivity index (χ0v) is 45.6. The number of carboxylic acid groups (broad SMARTS) is 1.